The van der Waals surface area contributed by atoms with Crippen molar-refractivity contribution in [1.82, 2.24) is 4.90 Å². The van der Waals surface area contributed by atoms with Crippen molar-refractivity contribution in [2.24, 2.45) is 0 Å². The summed E-state index contributed by atoms with van der Waals surface area (Å²) in [6.45, 7) is 4.23. The van der Waals surface area contributed by atoms with Crippen LogP contribution in [0, 0.1) is 0 Å². The Kier molecular flexibility index (Phi) is 4.99. The van der Waals surface area contributed by atoms with Crippen molar-refractivity contribution in [1.29, 1.82) is 0 Å². The molecule has 2 heteroatoms. The molecule has 60 valence electrons. The van der Waals surface area contributed by atoms with E-state index in [0.29, 0.717) is 6.04 Å². The Bertz CT molecular complexity index is 93.3. The molecule has 1 atom stereocenters. The van der Waals surface area contributed by atoms with E-state index >= 15 is 0 Å². The molecule has 0 heterocycles. The van der Waals surface area contributed by atoms with Crippen molar-refractivity contribution in [2.75, 3.05) is 7.05 Å². The highest BCUT2D eigenvalue weighted by Gasteiger charge is 2.04. The molecule has 0 spiro atoms. The average molecular weight is 143 g/mol. The fraction of sp³-hybridized carbons (Fsp3) is 0.875. The zero-order valence-electron chi connectivity index (χ0n) is 7.13. The highest BCUT2D eigenvalue weighted by molar-refractivity contribution is 5.46. The summed E-state index contributed by atoms with van der Waals surface area (Å²) in [5.74, 6) is 0. The SMILES string of the molecule is CCCC[C@H](C)N(C)C=O. The Balaban J connectivity index is 3.40. The van der Waals surface area contributed by atoms with E-state index in [0.717, 1.165) is 12.8 Å². The van der Waals surface area contributed by atoms with Gasteiger partial charge in [-0.15, -0.1) is 0 Å². The molecule has 0 aromatic heterocycles. The molecule has 0 fully saturated rings. The maximum absolute atomic E-state index is 10.2. The van der Waals surface area contributed by atoms with Gasteiger partial charge in [-0.1, -0.05) is 19.8 Å². The highest BCUT2D eigenvalue weighted by atomic mass is 16.1. The lowest BCUT2D eigenvalue weighted by molar-refractivity contribution is -0.118. The Morgan fingerprint density at radius 1 is 1.60 bits per heavy atom. The maximum Gasteiger partial charge on any atom is 0.209 e. The predicted molar refractivity (Wildman–Crippen MR) is 42.8 cm³/mol. The lowest BCUT2D eigenvalue weighted by atomic mass is 10.1. The molecule has 0 saturated carbocycles. The normalized spacial score (nSPS) is 12.7. The van der Waals surface area contributed by atoms with Gasteiger partial charge in [0.25, 0.3) is 0 Å². The van der Waals surface area contributed by atoms with Crippen LogP contribution in [0.5, 0.6) is 0 Å². The van der Waals surface area contributed by atoms with Crippen LogP contribution in [0.25, 0.3) is 0 Å². The third-order valence-electron chi connectivity index (χ3n) is 1.84. The van der Waals surface area contributed by atoms with Crippen molar-refractivity contribution < 1.29 is 4.79 Å². The molecule has 2 nitrogen and oxygen atoms in total. The molecule has 0 N–H and O–H groups in total. The molecule has 0 aromatic carbocycles. The van der Waals surface area contributed by atoms with Crippen molar-refractivity contribution in [3.63, 3.8) is 0 Å². The summed E-state index contributed by atoms with van der Waals surface area (Å²) in [4.78, 5) is 12.0. The molecule has 0 rings (SSSR count). The number of unbranched alkanes of at least 4 members (excludes halogenated alkanes) is 1. The topological polar surface area (TPSA) is 20.3 Å². The molecule has 0 aliphatic heterocycles. The Hall–Kier alpha value is -0.530. The van der Waals surface area contributed by atoms with Crippen LogP contribution in [0.1, 0.15) is 33.1 Å². The van der Waals surface area contributed by atoms with E-state index in [1.807, 2.05) is 7.05 Å². The van der Waals surface area contributed by atoms with E-state index in [4.69, 9.17) is 0 Å². The predicted octanol–water partition coefficient (Wildman–Crippen LogP) is 1.65. The second-order valence-corrected chi connectivity index (χ2v) is 2.76. The summed E-state index contributed by atoms with van der Waals surface area (Å²) in [5.41, 5.74) is 0. The minimum Gasteiger partial charge on any atom is -0.346 e. The van der Waals surface area contributed by atoms with Gasteiger partial charge in [-0.2, -0.15) is 0 Å². The van der Waals surface area contributed by atoms with E-state index in [-0.39, 0.29) is 0 Å². The number of carbonyl (C=O) groups excluding carboxylic acids is 1. The summed E-state index contributed by atoms with van der Waals surface area (Å²) in [5, 5.41) is 0. The summed E-state index contributed by atoms with van der Waals surface area (Å²) in [7, 11) is 1.83. The van der Waals surface area contributed by atoms with Crippen LogP contribution in [0.3, 0.4) is 0 Å². The third-order valence-corrected chi connectivity index (χ3v) is 1.84. The summed E-state index contributed by atoms with van der Waals surface area (Å²) in [6.07, 6.45) is 4.42. The first kappa shape index (κ1) is 9.47. The van der Waals surface area contributed by atoms with Crippen LogP contribution in [0.2, 0.25) is 0 Å². The molecule has 0 radical (unpaired) electrons. The van der Waals surface area contributed by atoms with E-state index < -0.39 is 0 Å². The van der Waals surface area contributed by atoms with Crippen LogP contribution in [-0.2, 0) is 4.79 Å². The van der Waals surface area contributed by atoms with Gasteiger partial charge in [0.2, 0.25) is 6.41 Å². The number of hydrogen-bond acceptors (Lipinski definition) is 1. The van der Waals surface area contributed by atoms with E-state index in [1.165, 1.54) is 12.8 Å². The van der Waals surface area contributed by atoms with Gasteiger partial charge in [0.05, 0.1) is 0 Å². The lowest BCUT2D eigenvalue weighted by Crippen LogP contribution is -2.27. The van der Waals surface area contributed by atoms with Gasteiger partial charge in [0.15, 0.2) is 0 Å². The third kappa shape index (κ3) is 3.49. The lowest BCUT2D eigenvalue weighted by Gasteiger charge is -2.19. The van der Waals surface area contributed by atoms with Crippen LogP contribution in [0.4, 0.5) is 0 Å². The zero-order valence-corrected chi connectivity index (χ0v) is 7.13. The van der Waals surface area contributed by atoms with Crippen molar-refractivity contribution >= 4 is 6.41 Å². The van der Waals surface area contributed by atoms with E-state index in [9.17, 15) is 4.79 Å². The van der Waals surface area contributed by atoms with Crippen molar-refractivity contribution in [2.45, 2.75) is 39.2 Å². The molecule has 0 unspecified atom stereocenters. The Morgan fingerprint density at radius 3 is 2.60 bits per heavy atom. The second-order valence-electron chi connectivity index (χ2n) is 2.76. The van der Waals surface area contributed by atoms with Gasteiger partial charge in [0, 0.05) is 13.1 Å². The van der Waals surface area contributed by atoms with Gasteiger partial charge in [-0.25, -0.2) is 0 Å². The minimum absolute atomic E-state index is 0.400. The standard InChI is InChI=1S/C8H17NO/c1-4-5-6-8(2)9(3)7-10/h7-8H,4-6H2,1-3H3/t8-/m0/s1. The summed E-state index contributed by atoms with van der Waals surface area (Å²) >= 11 is 0. The highest BCUT2D eigenvalue weighted by Crippen LogP contribution is 2.03. The molecule has 0 saturated heterocycles. The second kappa shape index (κ2) is 5.27. The molecule has 0 aromatic rings. The van der Waals surface area contributed by atoms with Crippen LogP contribution in [0.15, 0.2) is 0 Å². The molecule has 0 aliphatic carbocycles. The van der Waals surface area contributed by atoms with Crippen LogP contribution >= 0.6 is 0 Å². The molecule has 0 aliphatic rings. The largest absolute Gasteiger partial charge is 0.346 e. The first-order chi connectivity index (χ1) is 4.72. The number of rotatable bonds is 5. The van der Waals surface area contributed by atoms with Crippen molar-refractivity contribution in [3.8, 4) is 0 Å². The first-order valence-electron chi connectivity index (χ1n) is 3.89. The van der Waals surface area contributed by atoms with Gasteiger partial charge >= 0.3 is 0 Å². The van der Waals surface area contributed by atoms with Gasteiger partial charge < -0.3 is 4.90 Å². The number of nitrogens with zero attached hydrogens (tertiary/aromatic N) is 1. The number of carbonyl (C=O) groups is 1. The average Bonchev–Trinajstić information content (AvgIpc) is 1.98. The van der Waals surface area contributed by atoms with Crippen LogP contribution < -0.4 is 0 Å². The molecule has 10 heavy (non-hydrogen) atoms. The van der Waals surface area contributed by atoms with Crippen molar-refractivity contribution in [3.05, 3.63) is 0 Å². The molecule has 0 bridgehead atoms. The minimum atomic E-state index is 0.400. The zero-order chi connectivity index (χ0) is 7.98. The first-order valence-corrected chi connectivity index (χ1v) is 3.89. The summed E-state index contributed by atoms with van der Waals surface area (Å²) < 4.78 is 0. The molecular formula is C8H17NO. The van der Waals surface area contributed by atoms with Gasteiger partial charge in [-0.05, 0) is 13.3 Å². The number of amides is 1. The van der Waals surface area contributed by atoms with Gasteiger partial charge in [0.1, 0.15) is 0 Å². The smallest absolute Gasteiger partial charge is 0.209 e. The summed E-state index contributed by atoms with van der Waals surface area (Å²) in [6, 6.07) is 0.400. The monoisotopic (exact) mass is 143 g/mol. The fourth-order valence-corrected chi connectivity index (χ4v) is 0.807. The van der Waals surface area contributed by atoms with E-state index in [2.05, 4.69) is 13.8 Å². The molecule has 1 amide bonds. The fourth-order valence-electron chi connectivity index (χ4n) is 0.807. The quantitative estimate of drug-likeness (QED) is 0.536. The molecular weight excluding hydrogens is 126 g/mol. The Labute approximate surface area is 63.2 Å². The maximum atomic E-state index is 10.2. The van der Waals surface area contributed by atoms with Gasteiger partial charge in [-0.3, -0.25) is 4.79 Å². The number of hydrogen-bond donors (Lipinski definition) is 0. The van der Waals surface area contributed by atoms with Crippen LogP contribution in [-0.4, -0.2) is 24.4 Å². The Morgan fingerprint density at radius 2 is 2.20 bits per heavy atom. The van der Waals surface area contributed by atoms with E-state index in [1.54, 1.807) is 4.90 Å².